The predicted octanol–water partition coefficient (Wildman–Crippen LogP) is 23.0. The van der Waals surface area contributed by atoms with Crippen molar-refractivity contribution in [3.63, 3.8) is 0 Å². The fraction of sp³-hybridized carbons (Fsp3) is 0.949. The Morgan fingerprint density at radius 3 is 0.701 bits per heavy atom. The first-order valence-corrected chi connectivity index (χ1v) is 43.3. The summed E-state index contributed by atoms with van der Waals surface area (Å²) in [6.45, 7) is 11.9. The molecular weight excluding hydrogens is 1270 g/mol. The van der Waals surface area contributed by atoms with Crippen LogP contribution in [-0.2, 0) is 65.4 Å². The molecule has 0 bridgehead atoms. The van der Waals surface area contributed by atoms with Crippen molar-refractivity contribution in [3.05, 3.63) is 0 Å². The van der Waals surface area contributed by atoms with Gasteiger partial charge in [-0.2, -0.15) is 0 Å². The van der Waals surface area contributed by atoms with Gasteiger partial charge in [-0.1, -0.05) is 350 Å². The minimum atomic E-state index is -4.96. The fourth-order valence-corrected chi connectivity index (χ4v) is 13.5. The maximum absolute atomic E-state index is 13.1. The number of ether oxygens (including phenoxy) is 4. The summed E-state index contributed by atoms with van der Waals surface area (Å²) in [6.07, 6.45) is 55.5. The molecule has 0 radical (unpaired) electrons. The number of aliphatic hydroxyl groups excluding tert-OH is 1. The molecule has 0 aromatic rings. The molecule has 0 spiro atoms. The summed E-state index contributed by atoms with van der Waals surface area (Å²) < 4.78 is 68.6. The molecule has 0 rings (SSSR count). The van der Waals surface area contributed by atoms with Crippen LogP contribution in [0, 0.1) is 17.8 Å². The third-order valence-electron chi connectivity index (χ3n) is 18.1. The first-order chi connectivity index (χ1) is 46.7. The number of aliphatic hydroxyl groups is 1. The number of carbonyl (C=O) groups is 4. The molecule has 0 aliphatic carbocycles. The summed E-state index contributed by atoms with van der Waals surface area (Å²) >= 11 is 0. The van der Waals surface area contributed by atoms with E-state index in [-0.39, 0.29) is 25.7 Å². The summed E-state index contributed by atoms with van der Waals surface area (Å²) in [4.78, 5) is 72.9. The van der Waals surface area contributed by atoms with Gasteiger partial charge in [-0.25, -0.2) is 9.13 Å². The van der Waals surface area contributed by atoms with Crippen LogP contribution in [0.4, 0.5) is 0 Å². The standard InChI is InChI=1S/C78H152O17P2/c1-8-9-10-11-12-13-14-15-16-19-22-25-30-38-45-52-59-75(80)88-65-73(94-77(82)61-54-47-40-31-26-23-20-17-18-21-24-28-35-42-49-56-69(2)3)67-92-96(84,85)90-63-72(79)64-91-97(86,87)93-68-74(66-89-76(81)60-53-46-39-34-33-37-44-51-58-71(6)7)95-78(83)62-55-48-41-32-27-29-36-43-50-57-70(4)5/h69-74,79H,8-68H2,1-7H3,(H,84,85)(H,86,87)/t72-,73-,74-/m1/s1. The van der Waals surface area contributed by atoms with Gasteiger partial charge in [0.25, 0.3) is 0 Å². The minimum Gasteiger partial charge on any atom is -0.462 e. The molecule has 2 unspecified atom stereocenters. The summed E-state index contributed by atoms with van der Waals surface area (Å²) in [6, 6.07) is 0. The Morgan fingerprint density at radius 2 is 0.474 bits per heavy atom. The van der Waals surface area contributed by atoms with Crippen LogP contribution < -0.4 is 0 Å². The average molecular weight is 1420 g/mol. The lowest BCUT2D eigenvalue weighted by Crippen LogP contribution is -2.30. The molecule has 0 saturated heterocycles. The fourth-order valence-electron chi connectivity index (χ4n) is 12.0. The molecule has 19 heteroatoms. The van der Waals surface area contributed by atoms with Crippen LogP contribution in [-0.4, -0.2) is 96.7 Å². The van der Waals surface area contributed by atoms with Gasteiger partial charge in [-0.05, 0) is 43.4 Å². The SMILES string of the molecule is CCCCCCCCCCCCCCCCCCC(=O)OC[C@H](COP(=O)(O)OC[C@@H](O)COP(=O)(O)OC[C@@H](COC(=O)CCCCCCCCCCC(C)C)OC(=O)CCCCCCCCCCCC(C)C)OC(=O)CCCCCCCCCCCCCCCCCC(C)C. The van der Waals surface area contributed by atoms with Crippen molar-refractivity contribution in [3.8, 4) is 0 Å². The zero-order valence-electron chi connectivity index (χ0n) is 63.5. The molecule has 0 aliphatic rings. The lowest BCUT2D eigenvalue weighted by atomic mass is 10.0. The van der Waals surface area contributed by atoms with Crippen LogP contribution in [0.1, 0.15) is 402 Å². The molecule has 5 atom stereocenters. The lowest BCUT2D eigenvalue weighted by molar-refractivity contribution is -0.161. The van der Waals surface area contributed by atoms with Gasteiger partial charge < -0.3 is 33.8 Å². The van der Waals surface area contributed by atoms with Crippen LogP contribution in [0.25, 0.3) is 0 Å². The van der Waals surface area contributed by atoms with Crippen molar-refractivity contribution in [1.82, 2.24) is 0 Å². The highest BCUT2D eigenvalue weighted by atomic mass is 31.2. The molecule has 0 saturated carbocycles. The molecule has 97 heavy (non-hydrogen) atoms. The first kappa shape index (κ1) is 95.1. The lowest BCUT2D eigenvalue weighted by Gasteiger charge is -2.21. The largest absolute Gasteiger partial charge is 0.472 e. The third-order valence-corrected chi connectivity index (χ3v) is 20.0. The molecule has 17 nitrogen and oxygen atoms in total. The van der Waals surface area contributed by atoms with Crippen molar-refractivity contribution in [2.45, 2.75) is 420 Å². The zero-order chi connectivity index (χ0) is 71.6. The van der Waals surface area contributed by atoms with Gasteiger partial charge in [-0.15, -0.1) is 0 Å². The molecule has 3 N–H and O–H groups in total. The van der Waals surface area contributed by atoms with Gasteiger partial charge in [0, 0.05) is 25.7 Å². The van der Waals surface area contributed by atoms with E-state index in [9.17, 15) is 43.2 Å². The Morgan fingerprint density at radius 1 is 0.278 bits per heavy atom. The Balaban J connectivity index is 5.25. The molecular formula is C78H152O17P2. The summed E-state index contributed by atoms with van der Waals surface area (Å²) in [7, 11) is -9.92. The Bertz CT molecular complexity index is 1890. The zero-order valence-corrected chi connectivity index (χ0v) is 65.3. The summed E-state index contributed by atoms with van der Waals surface area (Å²) in [5.74, 6) is 0.150. The van der Waals surface area contributed by atoms with Gasteiger partial charge in [0.15, 0.2) is 12.2 Å². The number of carbonyl (C=O) groups excluding carboxylic acids is 4. The van der Waals surface area contributed by atoms with E-state index in [0.717, 1.165) is 108 Å². The number of rotatable bonds is 76. The van der Waals surface area contributed by atoms with Crippen LogP contribution in [0.3, 0.4) is 0 Å². The van der Waals surface area contributed by atoms with Crippen LogP contribution in [0.15, 0.2) is 0 Å². The summed E-state index contributed by atoms with van der Waals surface area (Å²) in [5, 5.41) is 10.6. The molecule has 0 aromatic carbocycles. The Hall–Kier alpha value is -1.94. The van der Waals surface area contributed by atoms with Gasteiger partial charge in [-0.3, -0.25) is 37.3 Å². The topological polar surface area (TPSA) is 237 Å². The second-order valence-corrected chi connectivity index (χ2v) is 32.4. The minimum absolute atomic E-state index is 0.105. The quantitative estimate of drug-likeness (QED) is 0.0222. The van der Waals surface area contributed by atoms with E-state index in [2.05, 4.69) is 48.5 Å². The smallest absolute Gasteiger partial charge is 0.462 e. The Kier molecular flexibility index (Phi) is 67.1. The molecule has 0 fully saturated rings. The molecule has 0 aliphatic heterocycles. The highest BCUT2D eigenvalue weighted by molar-refractivity contribution is 7.47. The highest BCUT2D eigenvalue weighted by Crippen LogP contribution is 2.45. The number of hydrogen-bond donors (Lipinski definition) is 3. The van der Waals surface area contributed by atoms with Gasteiger partial charge in [0.2, 0.25) is 0 Å². The number of phosphoric acid groups is 2. The monoisotopic (exact) mass is 1420 g/mol. The van der Waals surface area contributed by atoms with E-state index >= 15 is 0 Å². The van der Waals surface area contributed by atoms with Gasteiger partial charge >= 0.3 is 39.5 Å². The Labute approximate surface area is 594 Å². The van der Waals surface area contributed by atoms with Gasteiger partial charge in [0.05, 0.1) is 26.4 Å². The van der Waals surface area contributed by atoms with E-state index in [1.165, 1.54) is 212 Å². The third kappa shape index (κ3) is 72.2. The van der Waals surface area contributed by atoms with E-state index in [4.69, 9.17) is 37.0 Å². The van der Waals surface area contributed by atoms with Crippen LogP contribution in [0.2, 0.25) is 0 Å². The van der Waals surface area contributed by atoms with Crippen LogP contribution in [0.5, 0.6) is 0 Å². The highest BCUT2D eigenvalue weighted by Gasteiger charge is 2.30. The normalized spacial score (nSPS) is 14.0. The first-order valence-electron chi connectivity index (χ1n) is 40.3. The predicted molar refractivity (Wildman–Crippen MR) is 395 cm³/mol. The molecule has 576 valence electrons. The van der Waals surface area contributed by atoms with Crippen LogP contribution >= 0.6 is 15.6 Å². The maximum Gasteiger partial charge on any atom is 0.472 e. The number of hydrogen-bond acceptors (Lipinski definition) is 15. The van der Waals surface area contributed by atoms with Crippen molar-refractivity contribution < 1.29 is 80.2 Å². The summed E-state index contributed by atoms with van der Waals surface area (Å²) in [5.41, 5.74) is 0. The second-order valence-electron chi connectivity index (χ2n) is 29.5. The molecule has 0 heterocycles. The van der Waals surface area contributed by atoms with Gasteiger partial charge in [0.1, 0.15) is 19.3 Å². The van der Waals surface area contributed by atoms with Crippen molar-refractivity contribution >= 4 is 39.5 Å². The van der Waals surface area contributed by atoms with E-state index < -0.39 is 97.5 Å². The number of phosphoric ester groups is 2. The second kappa shape index (κ2) is 68.5. The molecule has 0 aromatic heterocycles. The van der Waals surface area contributed by atoms with E-state index in [1.807, 2.05) is 0 Å². The van der Waals surface area contributed by atoms with Crippen molar-refractivity contribution in [2.75, 3.05) is 39.6 Å². The van der Waals surface area contributed by atoms with E-state index in [1.54, 1.807) is 0 Å². The number of unbranched alkanes of at least 4 members (excludes halogenated alkanes) is 44. The average Bonchev–Trinajstić information content (AvgIpc) is 1.11. The number of esters is 4. The van der Waals surface area contributed by atoms with Crippen molar-refractivity contribution in [1.29, 1.82) is 0 Å². The maximum atomic E-state index is 13.1. The van der Waals surface area contributed by atoms with E-state index in [0.29, 0.717) is 25.7 Å². The van der Waals surface area contributed by atoms with Crippen molar-refractivity contribution in [2.24, 2.45) is 17.8 Å². The molecule has 0 amide bonds.